The van der Waals surface area contributed by atoms with Crippen LogP contribution in [0.15, 0.2) is 0 Å². The minimum atomic E-state index is -0.124. The van der Waals surface area contributed by atoms with Crippen molar-refractivity contribution in [1.82, 2.24) is 0 Å². The molecule has 0 aromatic carbocycles. The molecule has 0 aromatic heterocycles. The molecule has 0 amide bonds. The number of esters is 1. The third-order valence-corrected chi connectivity index (χ3v) is 1.64. The summed E-state index contributed by atoms with van der Waals surface area (Å²) in [7, 11) is 1.63. The number of rotatable bonds is 6. The zero-order chi connectivity index (χ0) is 9.40. The van der Waals surface area contributed by atoms with Gasteiger partial charge in [-0.2, -0.15) is 0 Å². The maximum Gasteiger partial charge on any atom is 0.306 e. The van der Waals surface area contributed by atoms with E-state index in [4.69, 9.17) is 9.47 Å². The fourth-order valence-electron chi connectivity index (χ4n) is 0.727. The first-order valence-corrected chi connectivity index (χ1v) is 4.39. The largest absolute Gasteiger partial charge is 0.463 e. The molecule has 0 aliphatic rings. The van der Waals surface area contributed by atoms with Crippen molar-refractivity contribution in [3.8, 4) is 0 Å². The van der Waals surface area contributed by atoms with E-state index in [1.165, 1.54) is 0 Å². The monoisotopic (exact) mass is 174 g/mol. The number of ether oxygens (including phenoxy) is 2. The minimum absolute atomic E-state index is 0.0417. The lowest BCUT2D eigenvalue weighted by Crippen LogP contribution is -2.13. The molecule has 0 bridgehead atoms. The number of hydrogen-bond acceptors (Lipinski definition) is 3. The summed E-state index contributed by atoms with van der Waals surface area (Å²) in [5.74, 6) is -0.124. The lowest BCUT2D eigenvalue weighted by molar-refractivity contribution is -0.148. The van der Waals surface area contributed by atoms with E-state index in [-0.39, 0.29) is 12.1 Å². The summed E-state index contributed by atoms with van der Waals surface area (Å²) in [4.78, 5) is 11.0. The number of hydrogen-bond donors (Lipinski definition) is 0. The first-order chi connectivity index (χ1) is 5.70. The van der Waals surface area contributed by atoms with Crippen LogP contribution >= 0.6 is 0 Å². The highest BCUT2D eigenvalue weighted by atomic mass is 16.5. The molecule has 3 heteroatoms. The molecule has 0 saturated carbocycles. The Bertz CT molecular complexity index is 123. The smallest absolute Gasteiger partial charge is 0.306 e. The van der Waals surface area contributed by atoms with Gasteiger partial charge in [0.2, 0.25) is 0 Å². The van der Waals surface area contributed by atoms with Crippen molar-refractivity contribution in [3.05, 3.63) is 0 Å². The van der Waals surface area contributed by atoms with Crippen LogP contribution in [-0.2, 0) is 14.3 Å². The standard InChI is InChI=1S/C9H18O3/c1-4-8(2)12-9(10)6-5-7-11-3/h8H,4-7H2,1-3H3. The first-order valence-electron chi connectivity index (χ1n) is 4.39. The molecule has 72 valence electrons. The van der Waals surface area contributed by atoms with Gasteiger partial charge in [0.15, 0.2) is 0 Å². The second-order valence-corrected chi connectivity index (χ2v) is 2.81. The second kappa shape index (κ2) is 7.10. The zero-order valence-electron chi connectivity index (χ0n) is 8.13. The van der Waals surface area contributed by atoms with Crippen LogP contribution in [0.4, 0.5) is 0 Å². The molecular formula is C9H18O3. The van der Waals surface area contributed by atoms with E-state index in [0.717, 1.165) is 12.8 Å². The van der Waals surface area contributed by atoms with Crippen molar-refractivity contribution in [2.24, 2.45) is 0 Å². The third-order valence-electron chi connectivity index (χ3n) is 1.64. The molecule has 0 aliphatic carbocycles. The average Bonchev–Trinajstić information content (AvgIpc) is 2.05. The molecule has 0 spiro atoms. The number of methoxy groups -OCH3 is 1. The summed E-state index contributed by atoms with van der Waals surface area (Å²) >= 11 is 0. The molecule has 0 radical (unpaired) electrons. The van der Waals surface area contributed by atoms with Crippen molar-refractivity contribution in [1.29, 1.82) is 0 Å². The van der Waals surface area contributed by atoms with Gasteiger partial charge in [-0.15, -0.1) is 0 Å². The molecule has 0 aliphatic heterocycles. The SMILES string of the molecule is CCC(C)OC(=O)CCCOC. The van der Waals surface area contributed by atoms with E-state index >= 15 is 0 Å². The van der Waals surface area contributed by atoms with Gasteiger partial charge in [0, 0.05) is 20.1 Å². The molecular weight excluding hydrogens is 156 g/mol. The quantitative estimate of drug-likeness (QED) is 0.454. The Hall–Kier alpha value is -0.570. The van der Waals surface area contributed by atoms with Crippen LogP contribution in [0.5, 0.6) is 0 Å². The highest BCUT2D eigenvalue weighted by Gasteiger charge is 2.06. The van der Waals surface area contributed by atoms with Crippen molar-refractivity contribution in [2.75, 3.05) is 13.7 Å². The second-order valence-electron chi connectivity index (χ2n) is 2.81. The lowest BCUT2D eigenvalue weighted by atomic mass is 10.3. The lowest BCUT2D eigenvalue weighted by Gasteiger charge is -2.09. The van der Waals surface area contributed by atoms with Gasteiger partial charge >= 0.3 is 5.97 Å². The van der Waals surface area contributed by atoms with Crippen LogP contribution in [0.1, 0.15) is 33.1 Å². The van der Waals surface area contributed by atoms with Crippen molar-refractivity contribution in [2.45, 2.75) is 39.2 Å². The van der Waals surface area contributed by atoms with Crippen molar-refractivity contribution in [3.63, 3.8) is 0 Å². The topological polar surface area (TPSA) is 35.5 Å². The molecule has 0 fully saturated rings. The first kappa shape index (κ1) is 11.4. The van der Waals surface area contributed by atoms with Crippen LogP contribution in [0, 0.1) is 0 Å². The molecule has 0 rings (SSSR count). The Labute approximate surface area is 74.0 Å². The molecule has 3 nitrogen and oxygen atoms in total. The summed E-state index contributed by atoms with van der Waals surface area (Å²) in [6.45, 7) is 4.51. The van der Waals surface area contributed by atoms with Crippen LogP contribution in [0.25, 0.3) is 0 Å². The van der Waals surface area contributed by atoms with Gasteiger partial charge in [0.1, 0.15) is 0 Å². The van der Waals surface area contributed by atoms with Crippen LogP contribution in [0.3, 0.4) is 0 Å². The van der Waals surface area contributed by atoms with Crippen LogP contribution < -0.4 is 0 Å². The Balaban J connectivity index is 3.33. The number of carbonyl (C=O) groups is 1. The molecule has 0 N–H and O–H groups in total. The van der Waals surface area contributed by atoms with Gasteiger partial charge in [-0.25, -0.2) is 0 Å². The summed E-state index contributed by atoms with van der Waals surface area (Å²) in [6, 6.07) is 0. The Kier molecular flexibility index (Phi) is 6.76. The van der Waals surface area contributed by atoms with E-state index in [1.807, 2.05) is 13.8 Å². The molecule has 0 aromatic rings. The summed E-state index contributed by atoms with van der Waals surface area (Å²) in [6.07, 6.45) is 2.11. The van der Waals surface area contributed by atoms with E-state index in [9.17, 15) is 4.79 Å². The van der Waals surface area contributed by atoms with E-state index in [2.05, 4.69) is 0 Å². The van der Waals surface area contributed by atoms with Gasteiger partial charge in [0.05, 0.1) is 6.10 Å². The van der Waals surface area contributed by atoms with Gasteiger partial charge in [-0.3, -0.25) is 4.79 Å². The average molecular weight is 174 g/mol. The Morgan fingerprint density at radius 2 is 2.17 bits per heavy atom. The fraction of sp³-hybridized carbons (Fsp3) is 0.889. The maximum atomic E-state index is 11.0. The highest BCUT2D eigenvalue weighted by Crippen LogP contribution is 2.00. The molecule has 0 heterocycles. The predicted molar refractivity (Wildman–Crippen MR) is 47.0 cm³/mol. The molecule has 1 atom stereocenters. The summed E-state index contributed by atoms with van der Waals surface area (Å²) in [5, 5.41) is 0. The van der Waals surface area contributed by atoms with Crippen molar-refractivity contribution >= 4 is 5.97 Å². The highest BCUT2D eigenvalue weighted by molar-refractivity contribution is 5.69. The third kappa shape index (κ3) is 6.16. The Morgan fingerprint density at radius 3 is 2.67 bits per heavy atom. The molecule has 1 unspecified atom stereocenters. The fourth-order valence-corrected chi connectivity index (χ4v) is 0.727. The summed E-state index contributed by atoms with van der Waals surface area (Å²) < 4.78 is 9.87. The molecule has 12 heavy (non-hydrogen) atoms. The van der Waals surface area contributed by atoms with Gasteiger partial charge in [-0.1, -0.05) is 6.92 Å². The predicted octanol–water partition coefficient (Wildman–Crippen LogP) is 1.75. The van der Waals surface area contributed by atoms with Crippen molar-refractivity contribution < 1.29 is 14.3 Å². The van der Waals surface area contributed by atoms with Crippen LogP contribution in [-0.4, -0.2) is 25.8 Å². The van der Waals surface area contributed by atoms with Gasteiger partial charge < -0.3 is 9.47 Å². The summed E-state index contributed by atoms with van der Waals surface area (Å²) in [5.41, 5.74) is 0. The molecule has 0 saturated heterocycles. The van der Waals surface area contributed by atoms with Gasteiger partial charge in [-0.05, 0) is 19.8 Å². The van der Waals surface area contributed by atoms with E-state index in [1.54, 1.807) is 7.11 Å². The minimum Gasteiger partial charge on any atom is -0.463 e. The number of carbonyl (C=O) groups excluding carboxylic acids is 1. The van der Waals surface area contributed by atoms with Gasteiger partial charge in [0.25, 0.3) is 0 Å². The zero-order valence-corrected chi connectivity index (χ0v) is 8.13. The maximum absolute atomic E-state index is 11.0. The van der Waals surface area contributed by atoms with E-state index < -0.39 is 0 Å². The van der Waals surface area contributed by atoms with E-state index in [0.29, 0.717) is 13.0 Å². The Morgan fingerprint density at radius 1 is 1.50 bits per heavy atom. The van der Waals surface area contributed by atoms with Crippen LogP contribution in [0.2, 0.25) is 0 Å². The normalized spacial score (nSPS) is 12.6.